The maximum absolute atomic E-state index is 12.3. The first-order chi connectivity index (χ1) is 9.19. The summed E-state index contributed by atoms with van der Waals surface area (Å²) in [6.07, 6.45) is 4.51. The van der Waals surface area contributed by atoms with Crippen LogP contribution >= 0.6 is 23.1 Å². The lowest BCUT2D eigenvalue weighted by Crippen LogP contribution is -2.62. The van der Waals surface area contributed by atoms with Crippen molar-refractivity contribution in [3.8, 4) is 0 Å². The van der Waals surface area contributed by atoms with Crippen molar-refractivity contribution in [1.29, 1.82) is 0 Å². The average Bonchev–Trinajstić information content (AvgIpc) is 2.92. The van der Waals surface area contributed by atoms with Gasteiger partial charge < -0.3 is 5.32 Å². The van der Waals surface area contributed by atoms with Crippen LogP contribution in [0.15, 0.2) is 16.3 Å². The van der Waals surface area contributed by atoms with Crippen molar-refractivity contribution < 1.29 is 4.79 Å². The second kappa shape index (κ2) is 5.46. The van der Waals surface area contributed by atoms with E-state index in [0.717, 1.165) is 4.88 Å². The predicted octanol–water partition coefficient (Wildman–Crippen LogP) is 2.68. The Bertz CT molecular complexity index is 464. The third-order valence-electron chi connectivity index (χ3n) is 4.48. The third kappa shape index (κ3) is 2.56. The van der Waals surface area contributed by atoms with E-state index in [1.54, 1.807) is 23.1 Å². The van der Waals surface area contributed by atoms with Gasteiger partial charge in [0.25, 0.3) is 5.91 Å². The molecule has 4 heterocycles. The zero-order valence-electron chi connectivity index (χ0n) is 11.4. The predicted molar refractivity (Wildman–Crippen MR) is 81.1 cm³/mol. The summed E-state index contributed by atoms with van der Waals surface area (Å²) in [7, 11) is 0. The summed E-state index contributed by atoms with van der Waals surface area (Å²) < 4.78 is 1.20. The zero-order chi connectivity index (χ0) is 13.4. The highest BCUT2D eigenvalue weighted by atomic mass is 32.2. The van der Waals surface area contributed by atoms with E-state index in [9.17, 15) is 4.79 Å². The van der Waals surface area contributed by atoms with Gasteiger partial charge in [-0.1, -0.05) is 0 Å². The van der Waals surface area contributed by atoms with E-state index in [1.165, 1.54) is 30.1 Å². The second-order valence-corrected chi connectivity index (χ2v) is 7.63. The summed E-state index contributed by atoms with van der Waals surface area (Å²) in [5, 5.41) is 3.27. The Balaban J connectivity index is 1.69. The lowest BCUT2D eigenvalue weighted by Gasteiger charge is -2.49. The van der Waals surface area contributed by atoms with Crippen molar-refractivity contribution in [3.05, 3.63) is 17.0 Å². The number of piperidine rings is 3. The summed E-state index contributed by atoms with van der Waals surface area (Å²) in [4.78, 5) is 15.7. The van der Waals surface area contributed by atoms with Gasteiger partial charge >= 0.3 is 0 Å². The Morgan fingerprint density at radius 2 is 2.16 bits per heavy atom. The van der Waals surface area contributed by atoms with Crippen molar-refractivity contribution >= 4 is 29.0 Å². The number of hydrogen-bond acceptors (Lipinski definition) is 4. The van der Waals surface area contributed by atoms with E-state index in [1.807, 2.05) is 18.4 Å². The van der Waals surface area contributed by atoms with Crippen molar-refractivity contribution in [2.75, 3.05) is 19.3 Å². The highest BCUT2D eigenvalue weighted by molar-refractivity contribution is 8.00. The van der Waals surface area contributed by atoms with Crippen LogP contribution in [0.25, 0.3) is 0 Å². The molecule has 3 nitrogen and oxygen atoms in total. The van der Waals surface area contributed by atoms with E-state index in [2.05, 4.69) is 17.1 Å². The molecular formula is C14H20N2OS2. The second-order valence-electron chi connectivity index (χ2n) is 5.44. The van der Waals surface area contributed by atoms with Gasteiger partial charge in [-0.3, -0.25) is 9.69 Å². The number of thiophene rings is 1. The first-order valence-corrected chi connectivity index (χ1v) is 8.92. The fraction of sp³-hybridized carbons (Fsp3) is 0.643. The van der Waals surface area contributed by atoms with Gasteiger partial charge in [0.1, 0.15) is 0 Å². The van der Waals surface area contributed by atoms with Gasteiger partial charge in [-0.15, -0.1) is 23.1 Å². The van der Waals surface area contributed by atoms with Gasteiger partial charge in [0.05, 0.1) is 9.09 Å². The molecule has 0 spiro atoms. The summed E-state index contributed by atoms with van der Waals surface area (Å²) in [5.41, 5.74) is 0. The monoisotopic (exact) mass is 297 g/mol. The Labute approximate surface area is 122 Å². The van der Waals surface area contributed by atoms with Crippen LogP contribution in [0.4, 0.5) is 0 Å². The fourth-order valence-electron chi connectivity index (χ4n) is 3.32. The quantitative estimate of drug-likeness (QED) is 0.688. The first-order valence-electron chi connectivity index (χ1n) is 6.88. The van der Waals surface area contributed by atoms with Crippen molar-refractivity contribution in [2.45, 2.75) is 36.1 Å². The maximum atomic E-state index is 12.3. The Morgan fingerprint density at radius 1 is 1.42 bits per heavy atom. The molecule has 1 aromatic heterocycles. The van der Waals surface area contributed by atoms with Gasteiger partial charge in [0.2, 0.25) is 0 Å². The maximum Gasteiger partial charge on any atom is 0.261 e. The third-order valence-corrected chi connectivity index (χ3v) is 6.65. The minimum absolute atomic E-state index is 0.107. The minimum atomic E-state index is 0.107. The van der Waals surface area contributed by atoms with Crippen LogP contribution in [0.2, 0.25) is 0 Å². The van der Waals surface area contributed by atoms with Crippen molar-refractivity contribution in [3.63, 3.8) is 0 Å². The number of thioether (sulfide) groups is 1. The molecule has 1 amide bonds. The lowest BCUT2D eigenvalue weighted by atomic mass is 9.79. The molecule has 0 saturated carbocycles. The van der Waals surface area contributed by atoms with Crippen molar-refractivity contribution in [1.82, 2.24) is 10.2 Å². The summed E-state index contributed by atoms with van der Waals surface area (Å²) in [6.45, 7) is 4.65. The molecule has 3 fully saturated rings. The molecule has 2 bridgehead atoms. The van der Waals surface area contributed by atoms with Gasteiger partial charge in [-0.25, -0.2) is 0 Å². The van der Waals surface area contributed by atoms with Crippen LogP contribution < -0.4 is 5.32 Å². The van der Waals surface area contributed by atoms with E-state index >= 15 is 0 Å². The molecule has 19 heavy (non-hydrogen) atoms. The summed E-state index contributed by atoms with van der Waals surface area (Å²) in [6, 6.07) is 4.79. The molecule has 3 aliphatic heterocycles. The lowest BCUT2D eigenvalue weighted by molar-refractivity contribution is 0.0218. The van der Waals surface area contributed by atoms with Gasteiger partial charge in [-0.05, 0) is 57.2 Å². The Morgan fingerprint density at radius 3 is 2.74 bits per heavy atom. The topological polar surface area (TPSA) is 32.3 Å². The molecule has 3 aliphatic rings. The number of hydrogen-bond donors (Lipinski definition) is 1. The minimum Gasteiger partial charge on any atom is -0.347 e. The number of carbonyl (C=O) groups is 1. The number of amides is 1. The number of nitrogens with one attached hydrogen (secondary N) is 1. The molecule has 1 N–H and O–H groups in total. The number of rotatable bonds is 3. The van der Waals surface area contributed by atoms with E-state index in [0.29, 0.717) is 18.0 Å². The van der Waals surface area contributed by atoms with Crippen LogP contribution in [-0.4, -0.2) is 42.2 Å². The fourth-order valence-corrected chi connectivity index (χ4v) is 4.77. The molecule has 0 aromatic carbocycles. The van der Waals surface area contributed by atoms with E-state index in [-0.39, 0.29) is 5.91 Å². The smallest absolute Gasteiger partial charge is 0.261 e. The highest BCUT2D eigenvalue weighted by Gasteiger charge is 2.40. The molecule has 0 aliphatic carbocycles. The molecule has 3 saturated heterocycles. The molecular weight excluding hydrogens is 277 g/mol. The van der Waals surface area contributed by atoms with Crippen molar-refractivity contribution in [2.24, 2.45) is 5.92 Å². The molecule has 104 valence electrons. The van der Waals surface area contributed by atoms with Crippen LogP contribution in [0.3, 0.4) is 0 Å². The van der Waals surface area contributed by atoms with E-state index in [4.69, 9.17) is 0 Å². The normalized spacial score (nSPS) is 33.4. The van der Waals surface area contributed by atoms with Gasteiger partial charge in [0.15, 0.2) is 0 Å². The summed E-state index contributed by atoms with van der Waals surface area (Å²) >= 11 is 3.28. The van der Waals surface area contributed by atoms with Crippen LogP contribution in [0.5, 0.6) is 0 Å². The first kappa shape index (κ1) is 13.5. The largest absolute Gasteiger partial charge is 0.347 e. The van der Waals surface area contributed by atoms with Crippen LogP contribution in [-0.2, 0) is 0 Å². The SMILES string of the molecule is CSc1ccc([13C](=O)N[C@@H]2C3CCN(CC3)[C@H]2C)s1. The Hall–Kier alpha value is -0.520. The number of fused-ring (bicyclic) bond motifs is 3. The summed E-state index contributed by atoms with van der Waals surface area (Å²) in [5.74, 6) is 0.778. The molecule has 2 atom stereocenters. The number of nitrogens with zero attached hydrogens (tertiary/aromatic N) is 1. The van der Waals surface area contributed by atoms with Crippen LogP contribution in [0.1, 0.15) is 29.4 Å². The van der Waals surface area contributed by atoms with Gasteiger partial charge in [0, 0.05) is 12.1 Å². The van der Waals surface area contributed by atoms with E-state index < -0.39 is 0 Å². The molecule has 0 radical (unpaired) electrons. The molecule has 0 unspecified atom stereocenters. The standard InChI is InChI=1S/C14H20N2OS2/c1-9-13(10-5-7-16(9)8-6-10)15-14(17)11-3-4-12(18-2)19-11/h3-4,9-10,13H,5-8H2,1-2H3,(H,15,17)/t9-,13-/m0/s1/i14+1. The average molecular weight is 297 g/mol. The molecule has 5 heteroatoms. The van der Waals surface area contributed by atoms with Crippen LogP contribution in [0, 0.1) is 5.92 Å². The number of carbonyl (C=O) groups excluding carboxylic acids is 1. The molecule has 4 rings (SSSR count). The highest BCUT2D eigenvalue weighted by Crippen LogP contribution is 2.32. The molecule has 1 aromatic rings. The van der Waals surface area contributed by atoms with Gasteiger partial charge in [-0.2, -0.15) is 0 Å². The zero-order valence-corrected chi connectivity index (χ0v) is 13.0. The Kier molecular flexibility index (Phi) is 3.87.